The lowest BCUT2D eigenvalue weighted by atomic mass is 10.1. The van der Waals surface area contributed by atoms with E-state index in [9.17, 15) is 10.1 Å². The molecular formula is C23H21ClN6O2. The molecule has 0 radical (unpaired) electrons. The number of methoxy groups -OCH3 is 1. The van der Waals surface area contributed by atoms with Crippen molar-refractivity contribution in [2.45, 2.75) is 6.54 Å². The van der Waals surface area contributed by atoms with Crippen LogP contribution in [0.15, 0.2) is 35.1 Å². The summed E-state index contributed by atoms with van der Waals surface area (Å²) in [6, 6.07) is 13.0. The third kappa shape index (κ3) is 3.87. The third-order valence-electron chi connectivity index (χ3n) is 5.79. The van der Waals surface area contributed by atoms with Gasteiger partial charge in [-0.25, -0.2) is 4.98 Å². The van der Waals surface area contributed by atoms with Gasteiger partial charge in [-0.1, -0.05) is 17.7 Å². The van der Waals surface area contributed by atoms with Gasteiger partial charge in [0, 0.05) is 45.3 Å². The zero-order valence-corrected chi connectivity index (χ0v) is 18.6. The minimum Gasteiger partial charge on any atom is -0.496 e. The van der Waals surface area contributed by atoms with Crippen LogP contribution in [0, 0.1) is 22.7 Å². The SMILES string of the molecule is COc1cc(C#N)ccc1CN1CCN(c2c(C#N)c(=O)n(C)c3ccc(Cl)nc23)CC1. The molecule has 1 aliphatic rings. The number of nitrogens with zero attached hydrogens (tertiary/aromatic N) is 6. The summed E-state index contributed by atoms with van der Waals surface area (Å²) in [6.07, 6.45) is 0. The maximum Gasteiger partial charge on any atom is 0.270 e. The molecule has 0 N–H and O–H groups in total. The quantitative estimate of drug-likeness (QED) is 0.566. The average molecular weight is 449 g/mol. The first-order valence-corrected chi connectivity index (χ1v) is 10.5. The molecule has 3 heterocycles. The van der Waals surface area contributed by atoms with Crippen molar-refractivity contribution in [3.05, 3.63) is 62.5 Å². The van der Waals surface area contributed by atoms with Crippen LogP contribution in [-0.2, 0) is 13.6 Å². The number of benzene rings is 1. The number of fused-ring (bicyclic) bond motifs is 1. The number of aromatic nitrogens is 2. The van der Waals surface area contributed by atoms with Crippen LogP contribution in [0.2, 0.25) is 5.15 Å². The summed E-state index contributed by atoms with van der Waals surface area (Å²) < 4.78 is 6.89. The smallest absolute Gasteiger partial charge is 0.270 e. The molecule has 8 nitrogen and oxygen atoms in total. The summed E-state index contributed by atoms with van der Waals surface area (Å²) in [5, 5.41) is 19.1. The standard InChI is InChI=1S/C23H21ClN6O2/c1-28-18-5-6-20(24)27-21(18)22(17(13-26)23(28)31)30-9-7-29(8-10-30)14-16-4-3-15(12-25)11-19(16)32-2/h3-6,11H,7-10,14H2,1-2H3. The summed E-state index contributed by atoms with van der Waals surface area (Å²) in [4.78, 5) is 21.6. The van der Waals surface area contributed by atoms with E-state index >= 15 is 0 Å². The fourth-order valence-electron chi connectivity index (χ4n) is 4.09. The zero-order chi connectivity index (χ0) is 22.8. The number of ether oxygens (including phenoxy) is 1. The van der Waals surface area contributed by atoms with Crippen molar-refractivity contribution in [3.63, 3.8) is 0 Å². The van der Waals surface area contributed by atoms with Crippen LogP contribution >= 0.6 is 11.6 Å². The fraction of sp³-hybridized carbons (Fsp3) is 0.304. The van der Waals surface area contributed by atoms with E-state index in [0.717, 1.165) is 18.7 Å². The van der Waals surface area contributed by atoms with Crippen molar-refractivity contribution in [2.75, 3.05) is 38.2 Å². The molecule has 9 heteroatoms. The van der Waals surface area contributed by atoms with E-state index in [4.69, 9.17) is 21.6 Å². The van der Waals surface area contributed by atoms with Gasteiger partial charge in [-0.2, -0.15) is 10.5 Å². The Hall–Kier alpha value is -3.59. The molecule has 0 spiro atoms. The Morgan fingerprint density at radius 3 is 2.53 bits per heavy atom. The minimum absolute atomic E-state index is 0.0805. The zero-order valence-electron chi connectivity index (χ0n) is 17.8. The van der Waals surface area contributed by atoms with Gasteiger partial charge >= 0.3 is 0 Å². The average Bonchev–Trinajstić information content (AvgIpc) is 2.82. The molecule has 1 saturated heterocycles. The molecule has 1 aliphatic heterocycles. The number of piperazine rings is 1. The Kier molecular flexibility index (Phi) is 6.00. The van der Waals surface area contributed by atoms with Gasteiger partial charge in [-0.15, -0.1) is 0 Å². The number of nitriles is 2. The van der Waals surface area contributed by atoms with Crippen LogP contribution in [-0.4, -0.2) is 47.7 Å². The minimum atomic E-state index is -0.344. The second kappa shape index (κ2) is 8.88. The summed E-state index contributed by atoms with van der Waals surface area (Å²) in [5.74, 6) is 0.689. The maximum absolute atomic E-state index is 12.8. The van der Waals surface area contributed by atoms with E-state index in [1.54, 1.807) is 38.4 Å². The number of hydrogen-bond donors (Lipinski definition) is 0. The van der Waals surface area contributed by atoms with Gasteiger partial charge in [0.05, 0.1) is 29.9 Å². The second-order valence-corrected chi connectivity index (χ2v) is 7.99. The summed E-state index contributed by atoms with van der Waals surface area (Å²) >= 11 is 6.14. The highest BCUT2D eigenvalue weighted by atomic mass is 35.5. The van der Waals surface area contributed by atoms with E-state index in [0.29, 0.717) is 52.8 Å². The van der Waals surface area contributed by atoms with Crippen LogP contribution < -0.4 is 15.2 Å². The molecule has 3 aromatic rings. The number of anilines is 1. The Bertz CT molecular complexity index is 1330. The largest absolute Gasteiger partial charge is 0.496 e. The van der Waals surface area contributed by atoms with Crippen LogP contribution in [0.3, 0.4) is 0 Å². The van der Waals surface area contributed by atoms with E-state index in [2.05, 4.69) is 22.0 Å². The molecular weight excluding hydrogens is 428 g/mol. The van der Waals surface area contributed by atoms with Crippen LogP contribution in [0.4, 0.5) is 5.69 Å². The van der Waals surface area contributed by atoms with Gasteiger partial charge in [0.25, 0.3) is 5.56 Å². The van der Waals surface area contributed by atoms with Crippen LogP contribution in [0.1, 0.15) is 16.7 Å². The lowest BCUT2D eigenvalue weighted by Crippen LogP contribution is -2.47. The number of pyridine rings is 2. The first kappa shape index (κ1) is 21.6. The molecule has 0 aliphatic carbocycles. The normalized spacial score (nSPS) is 14.2. The predicted molar refractivity (Wildman–Crippen MR) is 122 cm³/mol. The number of aryl methyl sites for hydroxylation is 1. The van der Waals surface area contributed by atoms with E-state index in [1.165, 1.54) is 4.57 Å². The lowest BCUT2D eigenvalue weighted by Gasteiger charge is -2.37. The summed E-state index contributed by atoms with van der Waals surface area (Å²) in [5.41, 5.74) is 3.04. The molecule has 162 valence electrons. The summed E-state index contributed by atoms with van der Waals surface area (Å²) in [6.45, 7) is 3.39. The van der Waals surface area contributed by atoms with Crippen molar-refractivity contribution in [2.24, 2.45) is 7.05 Å². The van der Waals surface area contributed by atoms with Crippen molar-refractivity contribution in [1.82, 2.24) is 14.5 Å². The molecule has 0 saturated carbocycles. The third-order valence-corrected chi connectivity index (χ3v) is 6.00. The molecule has 2 aromatic heterocycles. The lowest BCUT2D eigenvalue weighted by molar-refractivity contribution is 0.246. The maximum atomic E-state index is 12.8. The van der Waals surface area contributed by atoms with Crippen molar-refractivity contribution < 1.29 is 4.74 Å². The van der Waals surface area contributed by atoms with E-state index in [-0.39, 0.29) is 11.1 Å². The van der Waals surface area contributed by atoms with Gasteiger partial charge < -0.3 is 14.2 Å². The molecule has 32 heavy (non-hydrogen) atoms. The Morgan fingerprint density at radius 2 is 1.88 bits per heavy atom. The molecule has 1 fully saturated rings. The van der Waals surface area contributed by atoms with Crippen molar-refractivity contribution in [1.29, 1.82) is 10.5 Å². The first-order chi connectivity index (χ1) is 15.5. The number of halogens is 1. The summed E-state index contributed by atoms with van der Waals surface area (Å²) in [7, 11) is 3.23. The highest BCUT2D eigenvalue weighted by Gasteiger charge is 2.25. The Morgan fingerprint density at radius 1 is 1.12 bits per heavy atom. The van der Waals surface area contributed by atoms with Gasteiger partial charge in [0.1, 0.15) is 28.1 Å². The Labute approximate surface area is 190 Å². The van der Waals surface area contributed by atoms with E-state index in [1.807, 2.05) is 11.0 Å². The molecule has 0 unspecified atom stereocenters. The second-order valence-electron chi connectivity index (χ2n) is 7.60. The molecule has 0 amide bonds. The highest BCUT2D eigenvalue weighted by Crippen LogP contribution is 2.30. The molecule has 1 aromatic carbocycles. The number of hydrogen-bond acceptors (Lipinski definition) is 7. The van der Waals surface area contributed by atoms with Crippen molar-refractivity contribution in [3.8, 4) is 17.9 Å². The topological polar surface area (TPSA) is 98.2 Å². The van der Waals surface area contributed by atoms with Gasteiger partial charge in [-0.3, -0.25) is 9.69 Å². The highest BCUT2D eigenvalue weighted by molar-refractivity contribution is 6.29. The van der Waals surface area contributed by atoms with Crippen LogP contribution in [0.5, 0.6) is 5.75 Å². The van der Waals surface area contributed by atoms with Gasteiger partial charge in [-0.05, 0) is 24.3 Å². The monoisotopic (exact) mass is 448 g/mol. The molecule has 0 bridgehead atoms. The fourth-order valence-corrected chi connectivity index (χ4v) is 4.24. The Balaban J connectivity index is 1.61. The first-order valence-electron chi connectivity index (χ1n) is 10.1. The van der Waals surface area contributed by atoms with Gasteiger partial charge in [0.15, 0.2) is 0 Å². The van der Waals surface area contributed by atoms with Gasteiger partial charge in [0.2, 0.25) is 0 Å². The molecule has 0 atom stereocenters. The van der Waals surface area contributed by atoms with E-state index < -0.39 is 0 Å². The molecule has 4 rings (SSSR count). The number of rotatable bonds is 4. The van der Waals surface area contributed by atoms with Crippen molar-refractivity contribution >= 4 is 28.3 Å². The predicted octanol–water partition coefficient (Wildman–Crippen LogP) is 2.66. The van der Waals surface area contributed by atoms with Crippen LogP contribution in [0.25, 0.3) is 11.0 Å².